The van der Waals surface area contributed by atoms with Crippen LogP contribution in [0, 0.1) is 35.8 Å². The van der Waals surface area contributed by atoms with E-state index in [9.17, 15) is 15.3 Å². The molecule has 0 saturated carbocycles. The van der Waals surface area contributed by atoms with Gasteiger partial charge in [0.1, 0.15) is 13.2 Å². The number of carbonyl (C=O) groups is 1. The van der Waals surface area contributed by atoms with Crippen LogP contribution in [0.3, 0.4) is 0 Å². The summed E-state index contributed by atoms with van der Waals surface area (Å²) in [6.07, 6.45) is 0. The largest absolute Gasteiger partial charge is 0.461 e. The first-order valence-electron chi connectivity index (χ1n) is 15.7. The Morgan fingerprint density at radius 3 is 1.82 bits per heavy atom. The average Bonchev–Trinajstić information content (AvgIpc) is 3.66. The van der Waals surface area contributed by atoms with Gasteiger partial charge in [-0.1, -0.05) is 85.8 Å². The molecule has 0 unspecified atom stereocenters. The van der Waals surface area contributed by atoms with Crippen molar-refractivity contribution in [1.82, 2.24) is 4.90 Å². The Hall–Kier alpha value is -6.33. The van der Waals surface area contributed by atoms with E-state index in [-0.39, 0.29) is 31.2 Å². The summed E-state index contributed by atoms with van der Waals surface area (Å²) >= 11 is 0. The number of nitrogens with zero attached hydrogens (tertiary/aromatic N) is 5. The van der Waals surface area contributed by atoms with E-state index in [1.807, 2.05) is 91.9 Å². The number of carbonyl (C=O) groups excluding carboxylic acids is 1. The summed E-state index contributed by atoms with van der Waals surface area (Å²) in [5.41, 5.74) is 8.95. The van der Waals surface area contributed by atoms with Gasteiger partial charge in [-0.05, 0) is 57.1 Å². The van der Waals surface area contributed by atoms with E-state index in [2.05, 4.69) is 14.6 Å². The number of ether oxygens (including phenoxy) is 1. The van der Waals surface area contributed by atoms with E-state index in [1.165, 1.54) is 0 Å². The fourth-order valence-corrected chi connectivity index (χ4v) is 6.48. The molecule has 0 radical (unpaired) electrons. The minimum absolute atomic E-state index is 0.0170. The molecule has 238 valence electrons. The van der Waals surface area contributed by atoms with Gasteiger partial charge in [0.2, 0.25) is 0 Å². The molecule has 0 aliphatic heterocycles. The lowest BCUT2D eigenvalue weighted by Gasteiger charge is -2.20. The van der Waals surface area contributed by atoms with E-state index < -0.39 is 5.97 Å². The van der Waals surface area contributed by atoms with Crippen molar-refractivity contribution in [2.24, 2.45) is 0 Å². The first kappa shape index (κ1) is 32.6. The summed E-state index contributed by atoms with van der Waals surface area (Å²) in [6.45, 7) is 19.4. The Balaban J connectivity index is 1.05. The molecular formula is C40H29N5O4. The van der Waals surface area contributed by atoms with Crippen LogP contribution in [0.5, 0.6) is 0 Å². The molecule has 2 aliphatic carbocycles. The van der Waals surface area contributed by atoms with Gasteiger partial charge in [0.15, 0.2) is 0 Å². The number of fused-ring (bicyclic) bond motifs is 6. The Morgan fingerprint density at radius 1 is 0.694 bits per heavy atom. The number of likely N-dealkylation sites (N-methyl/N-ethyl adjacent to an activating group) is 1. The van der Waals surface area contributed by atoms with Gasteiger partial charge < -0.3 is 4.74 Å². The van der Waals surface area contributed by atoms with Gasteiger partial charge >= 0.3 is 5.97 Å². The van der Waals surface area contributed by atoms with Gasteiger partial charge in [0.25, 0.3) is 11.4 Å². The third-order valence-corrected chi connectivity index (χ3v) is 8.69. The molecular weight excluding hydrogens is 614 g/mol. The monoisotopic (exact) mass is 643 g/mol. The highest BCUT2D eigenvalue weighted by molar-refractivity contribution is 6.10. The van der Waals surface area contributed by atoms with Crippen molar-refractivity contribution < 1.29 is 19.3 Å². The molecule has 0 saturated heterocycles. The number of hydrogen-bond acceptors (Lipinski definition) is 7. The predicted octanol–water partition coefficient (Wildman–Crippen LogP) is 7.68. The number of nitriles is 2. The number of hydrogen-bond donors (Lipinski definition) is 0. The van der Waals surface area contributed by atoms with Crippen molar-refractivity contribution in [2.45, 2.75) is 13.5 Å². The maximum absolute atomic E-state index is 13.3. The minimum atomic E-state index is -0.474. The van der Waals surface area contributed by atoms with Crippen molar-refractivity contribution in [2.75, 3.05) is 32.8 Å². The maximum Gasteiger partial charge on any atom is 0.338 e. The smallest absolute Gasteiger partial charge is 0.338 e. The number of rotatable bonds is 11. The normalized spacial score (nSPS) is 13.9. The zero-order valence-corrected chi connectivity index (χ0v) is 26.7. The fourth-order valence-electron chi connectivity index (χ4n) is 6.48. The summed E-state index contributed by atoms with van der Waals surface area (Å²) in [5, 5.41) is 19.2. The van der Waals surface area contributed by atoms with Gasteiger partial charge in [-0.2, -0.15) is 0 Å². The van der Waals surface area contributed by atoms with E-state index in [4.69, 9.17) is 27.7 Å². The molecule has 9 nitrogen and oxygen atoms in total. The minimum Gasteiger partial charge on any atom is -0.461 e. The lowest BCUT2D eigenvalue weighted by atomic mass is 9.99. The molecule has 0 atom stereocenters. The number of benzene rings is 4. The second kappa shape index (κ2) is 14.6. The zero-order chi connectivity index (χ0) is 34.3. The van der Waals surface area contributed by atoms with Gasteiger partial charge in [0.05, 0.1) is 37.5 Å². The molecule has 9 heteroatoms. The van der Waals surface area contributed by atoms with Gasteiger partial charge in [-0.25, -0.2) is 34.8 Å². The summed E-state index contributed by atoms with van der Waals surface area (Å²) < 4.78 is 5.71. The molecule has 0 N–H and O–H groups in total. The molecule has 2 aliphatic rings. The number of allylic oxidation sites excluding steroid dienone is 2. The van der Waals surface area contributed by atoms with Crippen LogP contribution in [0.2, 0.25) is 0 Å². The van der Waals surface area contributed by atoms with Gasteiger partial charge in [0, 0.05) is 29.8 Å². The second-order valence-electron chi connectivity index (χ2n) is 11.2. The summed E-state index contributed by atoms with van der Waals surface area (Å²) in [7, 11) is 0. The van der Waals surface area contributed by atoms with Crippen LogP contribution in [0.1, 0.15) is 45.1 Å². The van der Waals surface area contributed by atoms with Crippen LogP contribution in [0.15, 0.2) is 96.3 Å². The SMILES string of the molecule is [C-]#[N+]/C(C#N)=C1/c2ccccc2-c2c(COOCCN(CC)CCOC(=O)c3cccc4c3-c3ccccc3/C4=C(/C#N)[N+]#[C-])cccc21. The predicted molar refractivity (Wildman–Crippen MR) is 183 cm³/mol. The number of esters is 1. The zero-order valence-electron chi connectivity index (χ0n) is 26.7. The van der Waals surface area contributed by atoms with Crippen LogP contribution in [0.25, 0.3) is 43.1 Å². The molecule has 0 aromatic heterocycles. The third kappa shape index (κ3) is 6.10. The topological polar surface area (TPSA) is 104 Å². The van der Waals surface area contributed by atoms with Gasteiger partial charge in [-0.15, -0.1) is 0 Å². The Labute approximate surface area is 284 Å². The Kier molecular flexibility index (Phi) is 9.73. The standard InChI is InChI=1S/C40H29N5O4/c1-4-45(19-21-47-40(46)33-18-10-17-32-37(33)28-13-6-8-15-30(28)39(32)35(24-42)44-3)20-22-48-49-25-26-11-9-16-31-36(26)27-12-5-7-14-29(27)38(31)34(23-41)43-2/h5-18H,4,19-22,25H2,1H3/b38-34-,39-35+. The molecule has 0 bridgehead atoms. The molecule has 0 spiro atoms. The van der Waals surface area contributed by atoms with Crippen molar-refractivity contribution in [3.63, 3.8) is 0 Å². The van der Waals surface area contributed by atoms with Crippen molar-refractivity contribution in [3.05, 3.63) is 153 Å². The molecule has 6 rings (SSSR count). The molecule has 49 heavy (non-hydrogen) atoms. The second-order valence-corrected chi connectivity index (χ2v) is 11.2. The summed E-state index contributed by atoms with van der Waals surface area (Å²) in [5.74, 6) is -0.474. The summed E-state index contributed by atoms with van der Waals surface area (Å²) in [6, 6.07) is 30.2. The van der Waals surface area contributed by atoms with Gasteiger partial charge in [-0.3, -0.25) is 4.90 Å². The van der Waals surface area contributed by atoms with Crippen molar-refractivity contribution >= 4 is 17.1 Å². The van der Waals surface area contributed by atoms with E-state index in [0.29, 0.717) is 47.5 Å². The highest BCUT2D eigenvalue weighted by Gasteiger charge is 2.31. The Bertz CT molecular complexity index is 2180. The summed E-state index contributed by atoms with van der Waals surface area (Å²) in [4.78, 5) is 33.5. The molecule has 0 amide bonds. The average molecular weight is 644 g/mol. The molecule has 0 fully saturated rings. The van der Waals surface area contributed by atoms with E-state index in [0.717, 1.165) is 38.9 Å². The van der Waals surface area contributed by atoms with Crippen LogP contribution in [-0.4, -0.2) is 43.7 Å². The molecule has 4 aromatic rings. The first-order valence-corrected chi connectivity index (χ1v) is 15.7. The fraction of sp³-hybridized carbons (Fsp3) is 0.175. The van der Waals surface area contributed by atoms with Crippen molar-refractivity contribution in [3.8, 4) is 34.4 Å². The van der Waals surface area contributed by atoms with E-state index in [1.54, 1.807) is 12.1 Å². The molecule has 4 aromatic carbocycles. The van der Waals surface area contributed by atoms with Crippen LogP contribution in [-0.2, 0) is 21.1 Å². The Morgan fingerprint density at radius 2 is 1.22 bits per heavy atom. The van der Waals surface area contributed by atoms with Crippen LogP contribution >= 0.6 is 0 Å². The van der Waals surface area contributed by atoms with Crippen LogP contribution < -0.4 is 0 Å². The first-order chi connectivity index (χ1) is 24.1. The van der Waals surface area contributed by atoms with E-state index >= 15 is 0 Å². The lowest BCUT2D eigenvalue weighted by Crippen LogP contribution is -2.31. The highest BCUT2D eigenvalue weighted by atomic mass is 17.2. The quantitative estimate of drug-likeness (QED) is 0.0356. The third-order valence-electron chi connectivity index (χ3n) is 8.69. The maximum atomic E-state index is 13.3. The lowest BCUT2D eigenvalue weighted by molar-refractivity contribution is -0.304. The van der Waals surface area contributed by atoms with Crippen LogP contribution in [0.4, 0.5) is 0 Å². The highest BCUT2D eigenvalue weighted by Crippen LogP contribution is 2.48. The van der Waals surface area contributed by atoms with Crippen molar-refractivity contribution in [1.29, 1.82) is 10.5 Å². The molecule has 0 heterocycles.